The lowest BCUT2D eigenvalue weighted by Gasteiger charge is -2.32. The van der Waals surface area contributed by atoms with Crippen LogP contribution in [-0.2, 0) is 11.3 Å². The quantitative estimate of drug-likeness (QED) is 0.723. The van der Waals surface area contributed by atoms with Crippen LogP contribution in [0.25, 0.3) is 0 Å². The monoisotopic (exact) mass is 305 g/mol. The normalized spacial score (nSPS) is 17.0. The predicted molar refractivity (Wildman–Crippen MR) is 64.5 cm³/mol. The number of likely N-dealkylation sites (N-methyl/N-ethyl adjacent to an activating group) is 1. The largest absolute Gasteiger partial charge is 0.456 e. The maximum Gasteiger partial charge on any atom is 0.456 e. The van der Waals surface area contributed by atoms with E-state index in [1.54, 1.807) is 4.90 Å². The van der Waals surface area contributed by atoms with Gasteiger partial charge in [-0.1, -0.05) is 5.21 Å². The van der Waals surface area contributed by atoms with E-state index < -0.39 is 17.7 Å². The molecule has 1 aliphatic heterocycles. The summed E-state index contributed by atoms with van der Waals surface area (Å²) in [5, 5.41) is 6.55. The molecule has 1 saturated heterocycles. The lowest BCUT2D eigenvalue weighted by atomic mass is 10.3. The first-order chi connectivity index (χ1) is 9.77. The number of amides is 1. The molecule has 21 heavy (non-hydrogen) atoms. The van der Waals surface area contributed by atoms with E-state index in [0.29, 0.717) is 13.1 Å². The molecule has 1 fully saturated rings. The molecule has 1 aromatic rings. The number of hydrogen-bond acceptors (Lipinski definition) is 5. The number of aromatic nitrogens is 3. The van der Waals surface area contributed by atoms with Gasteiger partial charge in [0.1, 0.15) is 6.54 Å². The highest BCUT2D eigenvalue weighted by atomic mass is 19.4. The van der Waals surface area contributed by atoms with Crippen molar-refractivity contribution in [3.63, 3.8) is 0 Å². The van der Waals surface area contributed by atoms with Gasteiger partial charge < -0.3 is 9.80 Å². The molecule has 0 spiro atoms. The summed E-state index contributed by atoms with van der Waals surface area (Å²) in [5.41, 5.74) is -0.811. The highest BCUT2D eigenvalue weighted by Crippen LogP contribution is 2.19. The van der Waals surface area contributed by atoms with Gasteiger partial charge in [-0.2, -0.15) is 13.2 Å². The van der Waals surface area contributed by atoms with Crippen molar-refractivity contribution in [2.24, 2.45) is 0 Å². The fraction of sp³-hybridized carbons (Fsp3) is 0.636. The number of rotatable bonds is 3. The molecule has 0 aromatic carbocycles. The summed E-state index contributed by atoms with van der Waals surface area (Å²) in [7, 11) is 1.94. The molecule has 0 N–H and O–H groups in total. The van der Waals surface area contributed by atoms with Gasteiger partial charge in [0.25, 0.3) is 5.78 Å². The Kier molecular flexibility index (Phi) is 4.26. The first-order valence-corrected chi connectivity index (χ1v) is 6.25. The summed E-state index contributed by atoms with van der Waals surface area (Å²) in [4.78, 5) is 26.6. The van der Waals surface area contributed by atoms with Crippen LogP contribution < -0.4 is 0 Å². The molecular formula is C11H14F3N5O2. The van der Waals surface area contributed by atoms with Gasteiger partial charge in [0.05, 0.1) is 6.20 Å². The van der Waals surface area contributed by atoms with Crippen molar-refractivity contribution in [2.75, 3.05) is 33.2 Å². The van der Waals surface area contributed by atoms with Crippen molar-refractivity contribution in [3.8, 4) is 0 Å². The number of nitrogens with zero attached hydrogens (tertiary/aromatic N) is 5. The van der Waals surface area contributed by atoms with Crippen molar-refractivity contribution in [2.45, 2.75) is 12.7 Å². The maximum atomic E-state index is 12.2. The second-order valence-electron chi connectivity index (χ2n) is 4.81. The van der Waals surface area contributed by atoms with Gasteiger partial charge in [-0.05, 0) is 7.05 Å². The Morgan fingerprint density at radius 3 is 2.43 bits per heavy atom. The molecule has 10 heteroatoms. The molecule has 116 valence electrons. The van der Waals surface area contributed by atoms with E-state index in [2.05, 4.69) is 15.2 Å². The third-order valence-electron chi connectivity index (χ3n) is 3.18. The number of carbonyl (C=O) groups excluding carboxylic acids is 2. The summed E-state index contributed by atoms with van der Waals surface area (Å²) in [5.74, 6) is -2.33. The Bertz CT molecular complexity index is 534. The van der Waals surface area contributed by atoms with Gasteiger partial charge in [0.2, 0.25) is 5.91 Å². The summed E-state index contributed by atoms with van der Waals surface area (Å²) in [6.45, 7) is 2.35. The summed E-state index contributed by atoms with van der Waals surface area (Å²) < 4.78 is 37.6. The Hall–Kier alpha value is -1.97. The smallest absolute Gasteiger partial charge is 0.339 e. The highest BCUT2D eigenvalue weighted by Gasteiger charge is 2.41. The number of carbonyl (C=O) groups is 2. The van der Waals surface area contributed by atoms with Gasteiger partial charge in [-0.3, -0.25) is 9.59 Å². The van der Waals surface area contributed by atoms with Crippen LogP contribution in [0.1, 0.15) is 10.5 Å². The van der Waals surface area contributed by atoms with Gasteiger partial charge >= 0.3 is 6.18 Å². The lowest BCUT2D eigenvalue weighted by Crippen LogP contribution is -2.48. The van der Waals surface area contributed by atoms with Crippen molar-refractivity contribution in [1.82, 2.24) is 24.8 Å². The summed E-state index contributed by atoms with van der Waals surface area (Å²) >= 11 is 0. The van der Waals surface area contributed by atoms with E-state index in [0.717, 1.165) is 24.0 Å². The van der Waals surface area contributed by atoms with Crippen LogP contribution in [0.3, 0.4) is 0 Å². The fourth-order valence-electron chi connectivity index (χ4n) is 1.92. The zero-order chi connectivity index (χ0) is 15.6. The molecular weight excluding hydrogens is 291 g/mol. The van der Waals surface area contributed by atoms with E-state index in [4.69, 9.17) is 0 Å². The second kappa shape index (κ2) is 5.80. The highest BCUT2D eigenvalue weighted by molar-refractivity contribution is 5.98. The Labute approximate surface area is 118 Å². The molecule has 0 bridgehead atoms. The number of alkyl halides is 3. The molecule has 0 atom stereocenters. The zero-order valence-corrected chi connectivity index (χ0v) is 11.3. The molecule has 7 nitrogen and oxygen atoms in total. The Balaban J connectivity index is 1.96. The predicted octanol–water partition coefficient (Wildman–Crippen LogP) is -0.203. The molecule has 0 unspecified atom stereocenters. The number of Topliss-reactive ketones (excluding diaryl/α,β-unsaturated/α-hetero) is 1. The fourth-order valence-corrected chi connectivity index (χ4v) is 1.92. The van der Waals surface area contributed by atoms with E-state index >= 15 is 0 Å². The van der Waals surface area contributed by atoms with Crippen LogP contribution >= 0.6 is 0 Å². The molecule has 1 aromatic heterocycles. The minimum Gasteiger partial charge on any atom is -0.339 e. The Morgan fingerprint density at radius 2 is 1.86 bits per heavy atom. The van der Waals surface area contributed by atoms with Crippen LogP contribution in [0.4, 0.5) is 13.2 Å². The minimum atomic E-state index is -5.00. The molecule has 0 saturated carbocycles. The number of halogens is 3. The number of hydrogen-bond donors (Lipinski definition) is 0. The zero-order valence-electron chi connectivity index (χ0n) is 11.3. The average Bonchev–Trinajstić information content (AvgIpc) is 2.85. The van der Waals surface area contributed by atoms with Gasteiger partial charge in [-0.25, -0.2) is 4.68 Å². The summed E-state index contributed by atoms with van der Waals surface area (Å²) in [6.07, 6.45) is -4.16. The van der Waals surface area contributed by atoms with Gasteiger partial charge in [-0.15, -0.1) is 5.10 Å². The molecule has 2 rings (SSSR count). The topological polar surface area (TPSA) is 71.3 Å². The third-order valence-corrected chi connectivity index (χ3v) is 3.18. The Morgan fingerprint density at radius 1 is 1.24 bits per heavy atom. The van der Waals surface area contributed by atoms with Crippen LogP contribution in [-0.4, -0.2) is 75.9 Å². The van der Waals surface area contributed by atoms with Crippen molar-refractivity contribution < 1.29 is 22.8 Å². The van der Waals surface area contributed by atoms with Crippen molar-refractivity contribution >= 4 is 11.7 Å². The molecule has 0 aliphatic carbocycles. The SMILES string of the molecule is CN1CCN(C(=O)Cn2cc(C(=O)C(F)(F)F)nn2)CC1. The molecule has 1 amide bonds. The number of ketones is 1. The van der Waals surface area contributed by atoms with Gasteiger partial charge in [0, 0.05) is 26.2 Å². The summed E-state index contributed by atoms with van der Waals surface area (Å²) in [6, 6.07) is 0. The second-order valence-corrected chi connectivity index (χ2v) is 4.81. The van der Waals surface area contributed by atoms with E-state index in [1.165, 1.54) is 0 Å². The van der Waals surface area contributed by atoms with Gasteiger partial charge in [0.15, 0.2) is 5.69 Å². The maximum absolute atomic E-state index is 12.2. The first kappa shape index (κ1) is 15.4. The third kappa shape index (κ3) is 3.78. The van der Waals surface area contributed by atoms with Crippen molar-refractivity contribution in [1.29, 1.82) is 0 Å². The average molecular weight is 305 g/mol. The molecule has 0 radical (unpaired) electrons. The van der Waals surface area contributed by atoms with Crippen LogP contribution in [0.5, 0.6) is 0 Å². The van der Waals surface area contributed by atoms with Crippen LogP contribution in [0.2, 0.25) is 0 Å². The van der Waals surface area contributed by atoms with Crippen molar-refractivity contribution in [3.05, 3.63) is 11.9 Å². The number of piperazine rings is 1. The van der Waals surface area contributed by atoms with Crippen LogP contribution in [0, 0.1) is 0 Å². The minimum absolute atomic E-state index is 0.234. The molecule has 2 heterocycles. The van der Waals surface area contributed by atoms with E-state index in [-0.39, 0.29) is 12.5 Å². The first-order valence-electron chi connectivity index (χ1n) is 6.25. The molecule has 1 aliphatic rings. The standard InChI is InChI=1S/C11H14F3N5O2/c1-17-2-4-18(5-3-17)9(20)7-19-6-8(15-16-19)10(21)11(12,13)14/h6H,2-5,7H2,1H3. The van der Waals surface area contributed by atoms with Crippen LogP contribution in [0.15, 0.2) is 6.20 Å². The van der Waals surface area contributed by atoms with E-state index in [9.17, 15) is 22.8 Å². The van der Waals surface area contributed by atoms with E-state index in [1.807, 2.05) is 7.05 Å². The lowest BCUT2D eigenvalue weighted by molar-refractivity contribution is -0.133.